The first-order chi connectivity index (χ1) is 9.13. The summed E-state index contributed by atoms with van der Waals surface area (Å²) in [5.41, 5.74) is 0. The summed E-state index contributed by atoms with van der Waals surface area (Å²) in [5.74, 6) is 0.331. The second-order valence-electron chi connectivity index (χ2n) is 4.32. The number of thiophene rings is 1. The number of carbonyl (C=O) groups is 1. The van der Waals surface area contributed by atoms with E-state index >= 15 is 0 Å². The van der Waals surface area contributed by atoms with Crippen LogP contribution in [0.15, 0.2) is 12.1 Å². The number of rotatable bonds is 5. The van der Waals surface area contributed by atoms with E-state index in [1.807, 2.05) is 19.1 Å². The van der Waals surface area contributed by atoms with Gasteiger partial charge in [0.05, 0.1) is 4.88 Å². The van der Waals surface area contributed by atoms with Gasteiger partial charge in [0, 0.05) is 10.8 Å². The zero-order chi connectivity index (χ0) is 13.8. The fourth-order valence-corrected chi connectivity index (χ4v) is 3.57. The van der Waals surface area contributed by atoms with Gasteiger partial charge < -0.3 is 0 Å². The second-order valence-corrected chi connectivity index (χ2v) is 6.62. The van der Waals surface area contributed by atoms with Gasteiger partial charge in [-0.3, -0.25) is 10.1 Å². The standard InChI is InChI=1S/C13H17N3OS2/c1-4-9(5-2)12-15-16-13(19-12)14-11(17)10-7-6-8(3)18-10/h6-7,9H,4-5H2,1-3H3,(H,14,16,17). The molecule has 0 aliphatic heterocycles. The van der Waals surface area contributed by atoms with Crippen LogP contribution in [0.4, 0.5) is 5.13 Å². The number of hydrogen-bond acceptors (Lipinski definition) is 5. The molecule has 2 rings (SSSR count). The molecule has 0 fully saturated rings. The predicted octanol–water partition coefficient (Wildman–Crippen LogP) is 4.06. The molecule has 102 valence electrons. The van der Waals surface area contributed by atoms with Gasteiger partial charge in [0.1, 0.15) is 5.01 Å². The third-order valence-electron chi connectivity index (χ3n) is 2.96. The normalized spacial score (nSPS) is 10.9. The molecule has 0 radical (unpaired) electrons. The third kappa shape index (κ3) is 3.39. The zero-order valence-corrected chi connectivity index (χ0v) is 12.9. The fourth-order valence-electron chi connectivity index (χ4n) is 1.80. The molecule has 2 aromatic rings. The largest absolute Gasteiger partial charge is 0.296 e. The van der Waals surface area contributed by atoms with Gasteiger partial charge in [-0.15, -0.1) is 21.5 Å². The predicted molar refractivity (Wildman–Crippen MR) is 80.2 cm³/mol. The number of nitrogens with one attached hydrogen (secondary N) is 1. The molecule has 1 N–H and O–H groups in total. The van der Waals surface area contributed by atoms with Crippen LogP contribution in [0.1, 0.15) is 52.2 Å². The average molecular weight is 295 g/mol. The Hall–Kier alpha value is -1.27. The van der Waals surface area contributed by atoms with Crippen molar-refractivity contribution >= 4 is 33.7 Å². The van der Waals surface area contributed by atoms with Crippen molar-refractivity contribution in [2.75, 3.05) is 5.32 Å². The number of aromatic nitrogens is 2. The summed E-state index contributed by atoms with van der Waals surface area (Å²) in [6.07, 6.45) is 2.09. The van der Waals surface area contributed by atoms with E-state index < -0.39 is 0 Å². The number of amides is 1. The minimum Gasteiger partial charge on any atom is -0.296 e. The molecular formula is C13H17N3OS2. The highest BCUT2D eigenvalue weighted by molar-refractivity contribution is 7.16. The molecule has 0 bridgehead atoms. The van der Waals surface area contributed by atoms with Gasteiger partial charge in [-0.25, -0.2) is 0 Å². The molecule has 4 nitrogen and oxygen atoms in total. The molecule has 0 spiro atoms. The quantitative estimate of drug-likeness (QED) is 0.905. The summed E-state index contributed by atoms with van der Waals surface area (Å²) in [6.45, 7) is 6.27. The topological polar surface area (TPSA) is 54.9 Å². The molecule has 19 heavy (non-hydrogen) atoms. The lowest BCUT2D eigenvalue weighted by Gasteiger charge is -2.05. The molecule has 0 aliphatic carbocycles. The SMILES string of the molecule is CCC(CC)c1nnc(NC(=O)c2ccc(C)s2)s1. The lowest BCUT2D eigenvalue weighted by Crippen LogP contribution is -2.09. The summed E-state index contributed by atoms with van der Waals surface area (Å²) >= 11 is 2.95. The highest BCUT2D eigenvalue weighted by Crippen LogP contribution is 2.28. The molecule has 0 aromatic carbocycles. The molecule has 0 aliphatic rings. The van der Waals surface area contributed by atoms with Gasteiger partial charge in [0.15, 0.2) is 0 Å². The average Bonchev–Trinajstić information content (AvgIpc) is 3.00. The van der Waals surface area contributed by atoms with Crippen LogP contribution < -0.4 is 5.32 Å². The Kier molecular flexibility index (Phi) is 4.66. The van der Waals surface area contributed by atoms with E-state index in [0.29, 0.717) is 15.9 Å². The molecule has 0 unspecified atom stereocenters. The van der Waals surface area contributed by atoms with Gasteiger partial charge in [-0.2, -0.15) is 0 Å². The van der Waals surface area contributed by atoms with E-state index in [1.165, 1.54) is 22.7 Å². The Balaban J connectivity index is 2.06. The lowest BCUT2D eigenvalue weighted by molar-refractivity contribution is 0.103. The maximum atomic E-state index is 12.0. The number of hydrogen-bond donors (Lipinski definition) is 1. The summed E-state index contributed by atoms with van der Waals surface area (Å²) in [6, 6.07) is 3.77. The van der Waals surface area contributed by atoms with E-state index in [4.69, 9.17) is 0 Å². The van der Waals surface area contributed by atoms with Crippen LogP contribution in [0.25, 0.3) is 0 Å². The summed E-state index contributed by atoms with van der Waals surface area (Å²) in [5, 5.41) is 12.6. The van der Waals surface area contributed by atoms with Crippen LogP contribution in [0.2, 0.25) is 0 Å². The molecule has 0 saturated heterocycles. The van der Waals surface area contributed by atoms with Gasteiger partial charge >= 0.3 is 0 Å². The molecular weight excluding hydrogens is 278 g/mol. The van der Waals surface area contributed by atoms with Crippen molar-refractivity contribution in [3.8, 4) is 0 Å². The number of carbonyl (C=O) groups excluding carboxylic acids is 1. The highest BCUT2D eigenvalue weighted by atomic mass is 32.1. The minimum absolute atomic E-state index is 0.106. The Morgan fingerprint density at radius 1 is 1.26 bits per heavy atom. The lowest BCUT2D eigenvalue weighted by atomic mass is 10.1. The monoisotopic (exact) mass is 295 g/mol. The second kappa shape index (κ2) is 6.25. The Bertz CT molecular complexity index is 558. The van der Waals surface area contributed by atoms with Crippen molar-refractivity contribution in [2.45, 2.75) is 39.5 Å². The first kappa shape index (κ1) is 14.1. The first-order valence-corrected chi connectivity index (χ1v) is 7.98. The van der Waals surface area contributed by atoms with E-state index in [9.17, 15) is 4.79 Å². The Labute approximate surface area is 120 Å². The summed E-state index contributed by atoms with van der Waals surface area (Å²) < 4.78 is 0. The van der Waals surface area contributed by atoms with Crippen LogP contribution in [0.5, 0.6) is 0 Å². The summed E-state index contributed by atoms with van der Waals surface area (Å²) in [7, 11) is 0. The van der Waals surface area contributed by atoms with Crippen LogP contribution in [-0.4, -0.2) is 16.1 Å². The van der Waals surface area contributed by atoms with Crippen molar-refractivity contribution in [3.05, 3.63) is 26.9 Å². The highest BCUT2D eigenvalue weighted by Gasteiger charge is 2.15. The van der Waals surface area contributed by atoms with E-state index in [2.05, 4.69) is 29.4 Å². The van der Waals surface area contributed by atoms with Gasteiger partial charge in [0.25, 0.3) is 5.91 Å². The van der Waals surface area contributed by atoms with Gasteiger partial charge in [-0.1, -0.05) is 25.2 Å². The minimum atomic E-state index is -0.106. The smallest absolute Gasteiger partial charge is 0.267 e. The molecule has 1 amide bonds. The third-order valence-corrected chi connectivity index (χ3v) is 4.96. The van der Waals surface area contributed by atoms with Crippen LogP contribution in [0, 0.1) is 6.92 Å². The van der Waals surface area contributed by atoms with Crippen LogP contribution in [-0.2, 0) is 0 Å². The van der Waals surface area contributed by atoms with Crippen molar-refractivity contribution in [2.24, 2.45) is 0 Å². The maximum absolute atomic E-state index is 12.0. The Morgan fingerprint density at radius 2 is 2.00 bits per heavy atom. The van der Waals surface area contributed by atoms with Gasteiger partial charge in [-0.05, 0) is 31.9 Å². The van der Waals surface area contributed by atoms with Crippen LogP contribution in [0.3, 0.4) is 0 Å². The molecule has 0 atom stereocenters. The van der Waals surface area contributed by atoms with Gasteiger partial charge in [0.2, 0.25) is 5.13 Å². The molecule has 2 aromatic heterocycles. The summed E-state index contributed by atoms with van der Waals surface area (Å²) in [4.78, 5) is 13.8. The van der Waals surface area contributed by atoms with Crippen molar-refractivity contribution in [3.63, 3.8) is 0 Å². The molecule has 6 heteroatoms. The molecule has 2 heterocycles. The number of anilines is 1. The number of aryl methyl sites for hydroxylation is 1. The van der Waals surface area contributed by atoms with E-state index in [1.54, 1.807) is 0 Å². The van der Waals surface area contributed by atoms with Crippen molar-refractivity contribution in [1.82, 2.24) is 10.2 Å². The van der Waals surface area contributed by atoms with E-state index in [-0.39, 0.29) is 5.91 Å². The zero-order valence-electron chi connectivity index (χ0n) is 11.3. The molecule has 0 saturated carbocycles. The van der Waals surface area contributed by atoms with Crippen molar-refractivity contribution in [1.29, 1.82) is 0 Å². The Morgan fingerprint density at radius 3 is 2.58 bits per heavy atom. The maximum Gasteiger partial charge on any atom is 0.267 e. The fraction of sp³-hybridized carbons (Fsp3) is 0.462. The van der Waals surface area contributed by atoms with Crippen molar-refractivity contribution < 1.29 is 4.79 Å². The van der Waals surface area contributed by atoms with E-state index in [0.717, 1.165) is 22.7 Å². The van der Waals surface area contributed by atoms with Crippen LogP contribution >= 0.6 is 22.7 Å². The number of nitrogens with zero attached hydrogens (tertiary/aromatic N) is 2. The first-order valence-electron chi connectivity index (χ1n) is 6.35.